The van der Waals surface area contributed by atoms with E-state index in [4.69, 9.17) is 9.47 Å². The summed E-state index contributed by atoms with van der Waals surface area (Å²) in [4.78, 5) is 18.8. The van der Waals surface area contributed by atoms with Gasteiger partial charge in [0.1, 0.15) is 5.82 Å². The van der Waals surface area contributed by atoms with Crippen molar-refractivity contribution in [3.63, 3.8) is 0 Å². The molecule has 1 amide bonds. The quantitative estimate of drug-likeness (QED) is 0.746. The molecule has 1 aromatic heterocycles. The molecule has 0 saturated heterocycles. The van der Waals surface area contributed by atoms with Crippen LogP contribution in [0.2, 0.25) is 0 Å². The third-order valence-electron chi connectivity index (χ3n) is 3.16. The molecule has 1 heterocycles. The lowest BCUT2D eigenvalue weighted by Gasteiger charge is -2.22. The van der Waals surface area contributed by atoms with Crippen molar-refractivity contribution in [3.8, 4) is 0 Å². The maximum atomic E-state index is 12.7. The van der Waals surface area contributed by atoms with E-state index in [9.17, 15) is 4.79 Å². The monoisotopic (exact) mass is 295 g/mol. The second-order valence-corrected chi connectivity index (χ2v) is 4.61. The number of carbonyl (C=O) groups excluding carboxylic acids is 1. The number of nitrogens with zero attached hydrogens (tertiary/aromatic N) is 2. The van der Waals surface area contributed by atoms with E-state index in [2.05, 4.69) is 10.3 Å². The van der Waals surface area contributed by atoms with E-state index >= 15 is 0 Å². The van der Waals surface area contributed by atoms with Crippen LogP contribution in [0.4, 0.5) is 5.82 Å². The smallest absolute Gasteiger partial charge is 0.254 e. The van der Waals surface area contributed by atoms with Crippen molar-refractivity contribution in [3.05, 3.63) is 23.4 Å². The summed E-state index contributed by atoms with van der Waals surface area (Å²) in [5, 5.41) is 2.99. The van der Waals surface area contributed by atoms with E-state index in [-0.39, 0.29) is 5.91 Å². The van der Waals surface area contributed by atoms with Gasteiger partial charge in [0.2, 0.25) is 0 Å². The molecule has 0 aliphatic rings. The van der Waals surface area contributed by atoms with Crippen LogP contribution in [0.1, 0.15) is 23.0 Å². The number of aromatic nitrogens is 1. The molecule has 1 rings (SSSR count). The lowest BCUT2D eigenvalue weighted by atomic mass is 10.1. The summed E-state index contributed by atoms with van der Waals surface area (Å²) in [6.07, 6.45) is 0.784. The maximum absolute atomic E-state index is 12.7. The number of pyridine rings is 1. The fourth-order valence-electron chi connectivity index (χ4n) is 1.92. The highest BCUT2D eigenvalue weighted by Gasteiger charge is 2.17. The van der Waals surface area contributed by atoms with Gasteiger partial charge >= 0.3 is 0 Å². The number of rotatable bonds is 9. The van der Waals surface area contributed by atoms with Crippen molar-refractivity contribution < 1.29 is 14.3 Å². The third kappa shape index (κ3) is 5.32. The van der Waals surface area contributed by atoms with Crippen LogP contribution in [0.3, 0.4) is 0 Å². The van der Waals surface area contributed by atoms with E-state index < -0.39 is 0 Å². The van der Waals surface area contributed by atoms with Crippen molar-refractivity contribution >= 4 is 11.7 Å². The molecule has 21 heavy (non-hydrogen) atoms. The summed E-state index contributed by atoms with van der Waals surface area (Å²) in [5.41, 5.74) is 1.53. The number of amides is 1. The highest BCUT2D eigenvalue weighted by Crippen LogP contribution is 2.13. The first-order valence-corrected chi connectivity index (χ1v) is 7.12. The SMILES string of the molecule is CCc1cc(C(=O)N(CCOC)CCOC)cc(NC)n1. The van der Waals surface area contributed by atoms with Gasteiger partial charge in [0, 0.05) is 45.6 Å². The Bertz CT molecular complexity index is 422. The number of anilines is 1. The van der Waals surface area contributed by atoms with Crippen molar-refractivity contribution in [2.75, 3.05) is 52.9 Å². The predicted octanol–water partition coefficient (Wildman–Crippen LogP) is 1.42. The summed E-state index contributed by atoms with van der Waals surface area (Å²) in [5.74, 6) is 0.675. The summed E-state index contributed by atoms with van der Waals surface area (Å²) in [7, 11) is 5.04. The number of hydrogen-bond donors (Lipinski definition) is 1. The summed E-state index contributed by atoms with van der Waals surface area (Å²) in [6, 6.07) is 3.61. The van der Waals surface area contributed by atoms with Crippen LogP contribution in [0.15, 0.2) is 12.1 Å². The topological polar surface area (TPSA) is 63.7 Å². The first-order chi connectivity index (χ1) is 10.2. The molecule has 0 aromatic carbocycles. The largest absolute Gasteiger partial charge is 0.383 e. The number of ether oxygens (including phenoxy) is 2. The molecule has 118 valence electrons. The lowest BCUT2D eigenvalue weighted by molar-refractivity contribution is 0.0627. The van der Waals surface area contributed by atoms with Gasteiger partial charge in [-0.3, -0.25) is 4.79 Å². The average Bonchev–Trinajstić information content (AvgIpc) is 2.53. The van der Waals surface area contributed by atoms with Gasteiger partial charge in [-0.05, 0) is 18.6 Å². The van der Waals surface area contributed by atoms with Gasteiger partial charge < -0.3 is 19.7 Å². The van der Waals surface area contributed by atoms with Gasteiger partial charge in [-0.1, -0.05) is 6.92 Å². The molecule has 0 bridgehead atoms. The van der Waals surface area contributed by atoms with Crippen LogP contribution >= 0.6 is 0 Å². The number of hydrogen-bond acceptors (Lipinski definition) is 5. The van der Waals surface area contributed by atoms with E-state index in [1.807, 2.05) is 13.0 Å². The second-order valence-electron chi connectivity index (χ2n) is 4.61. The number of methoxy groups -OCH3 is 2. The van der Waals surface area contributed by atoms with Crippen LogP contribution in [-0.2, 0) is 15.9 Å². The number of carbonyl (C=O) groups is 1. The number of nitrogens with one attached hydrogen (secondary N) is 1. The second kappa shape index (κ2) is 9.31. The highest BCUT2D eigenvalue weighted by atomic mass is 16.5. The highest BCUT2D eigenvalue weighted by molar-refractivity contribution is 5.95. The molecule has 0 aliphatic carbocycles. The molecule has 0 spiro atoms. The van der Waals surface area contributed by atoms with Crippen LogP contribution in [0.25, 0.3) is 0 Å². The Morgan fingerprint density at radius 2 is 1.86 bits per heavy atom. The summed E-state index contributed by atoms with van der Waals surface area (Å²) in [6.45, 7) is 4.10. The Hall–Kier alpha value is -1.66. The van der Waals surface area contributed by atoms with E-state index in [1.54, 1.807) is 32.2 Å². The Kier molecular flexibility index (Phi) is 7.71. The summed E-state index contributed by atoms with van der Waals surface area (Å²) >= 11 is 0. The van der Waals surface area contributed by atoms with Gasteiger partial charge in [-0.15, -0.1) is 0 Å². The fourth-order valence-corrected chi connectivity index (χ4v) is 1.92. The molecule has 1 N–H and O–H groups in total. The molecule has 0 atom stereocenters. The van der Waals surface area contributed by atoms with Crippen LogP contribution < -0.4 is 5.32 Å². The van der Waals surface area contributed by atoms with Gasteiger partial charge in [0.25, 0.3) is 5.91 Å². The first-order valence-electron chi connectivity index (χ1n) is 7.12. The Morgan fingerprint density at radius 3 is 2.33 bits per heavy atom. The predicted molar refractivity (Wildman–Crippen MR) is 82.8 cm³/mol. The minimum absolute atomic E-state index is 0.0299. The fraction of sp³-hybridized carbons (Fsp3) is 0.600. The van der Waals surface area contributed by atoms with Crippen molar-refractivity contribution in [1.82, 2.24) is 9.88 Å². The minimum Gasteiger partial charge on any atom is -0.383 e. The Morgan fingerprint density at radius 1 is 1.24 bits per heavy atom. The Balaban J connectivity index is 2.95. The standard InChI is InChI=1S/C15H25N3O3/c1-5-13-10-12(11-14(16-2)17-13)15(19)18(6-8-20-3)7-9-21-4/h10-11H,5-9H2,1-4H3,(H,16,17). The minimum atomic E-state index is -0.0299. The van der Waals surface area contributed by atoms with Crippen LogP contribution in [0, 0.1) is 0 Å². The molecule has 0 fully saturated rings. The molecule has 0 unspecified atom stereocenters. The van der Waals surface area contributed by atoms with Gasteiger partial charge in [0.15, 0.2) is 0 Å². The van der Waals surface area contributed by atoms with E-state index in [0.29, 0.717) is 37.7 Å². The zero-order valence-electron chi connectivity index (χ0n) is 13.3. The van der Waals surface area contributed by atoms with E-state index in [1.165, 1.54) is 0 Å². The average molecular weight is 295 g/mol. The maximum Gasteiger partial charge on any atom is 0.254 e. The molecule has 6 heteroatoms. The number of aryl methyl sites for hydroxylation is 1. The zero-order chi connectivity index (χ0) is 15.7. The van der Waals surface area contributed by atoms with Crippen LogP contribution in [0.5, 0.6) is 0 Å². The summed E-state index contributed by atoms with van der Waals surface area (Å²) < 4.78 is 10.1. The molecule has 1 aromatic rings. The normalized spacial score (nSPS) is 10.5. The molecular formula is C15H25N3O3. The van der Waals surface area contributed by atoms with Crippen molar-refractivity contribution in [2.45, 2.75) is 13.3 Å². The molecule has 6 nitrogen and oxygen atoms in total. The molecule has 0 saturated carbocycles. The third-order valence-corrected chi connectivity index (χ3v) is 3.16. The first kappa shape index (κ1) is 17.4. The lowest BCUT2D eigenvalue weighted by Crippen LogP contribution is -2.36. The van der Waals surface area contributed by atoms with Crippen LogP contribution in [-0.4, -0.2) is 63.4 Å². The molecule has 0 aliphatic heterocycles. The van der Waals surface area contributed by atoms with Gasteiger partial charge in [-0.2, -0.15) is 0 Å². The van der Waals surface area contributed by atoms with Crippen molar-refractivity contribution in [1.29, 1.82) is 0 Å². The van der Waals surface area contributed by atoms with Crippen molar-refractivity contribution in [2.24, 2.45) is 0 Å². The Labute approximate surface area is 126 Å². The zero-order valence-corrected chi connectivity index (χ0v) is 13.3. The van der Waals surface area contributed by atoms with Gasteiger partial charge in [0.05, 0.1) is 13.2 Å². The van der Waals surface area contributed by atoms with E-state index in [0.717, 1.165) is 12.1 Å². The molecule has 0 radical (unpaired) electrons. The molecular weight excluding hydrogens is 270 g/mol. The van der Waals surface area contributed by atoms with Gasteiger partial charge in [-0.25, -0.2) is 4.98 Å².